The molecule has 17 heavy (non-hydrogen) atoms. The van der Waals surface area contributed by atoms with E-state index in [1.54, 1.807) is 19.1 Å². The third-order valence-electron chi connectivity index (χ3n) is 2.36. The second-order valence-electron chi connectivity index (χ2n) is 4.03. The Balaban J connectivity index is 2.58. The Morgan fingerprint density at radius 2 is 1.94 bits per heavy atom. The lowest BCUT2D eigenvalue weighted by molar-refractivity contribution is 0.0925. The third-order valence-corrected chi connectivity index (χ3v) is 2.36. The van der Waals surface area contributed by atoms with Gasteiger partial charge in [-0.2, -0.15) is 5.10 Å². The molecular weight excluding hydrogens is 216 g/mol. The van der Waals surface area contributed by atoms with Crippen LogP contribution in [0.5, 0.6) is 0 Å². The average molecular weight is 236 g/mol. The Morgan fingerprint density at radius 1 is 1.29 bits per heavy atom. The Bertz CT molecular complexity index is 386. The van der Waals surface area contributed by atoms with Crippen molar-refractivity contribution in [3.63, 3.8) is 0 Å². The van der Waals surface area contributed by atoms with Gasteiger partial charge in [0.05, 0.1) is 0 Å². The fraction of sp³-hybridized carbons (Fsp3) is 0.538. The van der Waals surface area contributed by atoms with Gasteiger partial charge in [-0.05, 0) is 31.9 Å². The number of hydrazone groups is 1. The summed E-state index contributed by atoms with van der Waals surface area (Å²) in [5, 5.41) is 4.15. The molecule has 0 bridgehead atoms. The van der Waals surface area contributed by atoms with Crippen molar-refractivity contribution in [3.05, 3.63) is 23.7 Å². The van der Waals surface area contributed by atoms with Crippen LogP contribution in [0.4, 0.5) is 0 Å². The molecule has 0 fully saturated rings. The summed E-state index contributed by atoms with van der Waals surface area (Å²) >= 11 is 0. The monoisotopic (exact) mass is 236 g/mol. The summed E-state index contributed by atoms with van der Waals surface area (Å²) in [7, 11) is 0. The van der Waals surface area contributed by atoms with Gasteiger partial charge in [-0.3, -0.25) is 4.79 Å². The molecule has 0 saturated heterocycles. The highest BCUT2D eigenvalue weighted by molar-refractivity contribution is 5.93. The highest BCUT2D eigenvalue weighted by Gasteiger charge is 2.09. The fourth-order valence-electron chi connectivity index (χ4n) is 1.56. The van der Waals surface area contributed by atoms with Crippen LogP contribution in [0, 0.1) is 6.92 Å². The summed E-state index contributed by atoms with van der Waals surface area (Å²) in [4.78, 5) is 11.7. The summed E-state index contributed by atoms with van der Waals surface area (Å²) in [5.74, 6) is 0.739. The number of aryl methyl sites for hydroxylation is 1. The summed E-state index contributed by atoms with van der Waals surface area (Å²) in [5.41, 5.74) is 3.57. The first-order chi connectivity index (χ1) is 8.17. The maximum atomic E-state index is 11.7. The number of carbonyl (C=O) groups is 1. The van der Waals surface area contributed by atoms with E-state index in [0.717, 1.165) is 37.2 Å². The van der Waals surface area contributed by atoms with Crippen LogP contribution in [0.25, 0.3) is 0 Å². The molecule has 4 heteroatoms. The van der Waals surface area contributed by atoms with E-state index in [4.69, 9.17) is 4.42 Å². The van der Waals surface area contributed by atoms with Crippen molar-refractivity contribution < 1.29 is 9.21 Å². The largest absolute Gasteiger partial charge is 0.456 e. The van der Waals surface area contributed by atoms with Gasteiger partial charge in [-0.1, -0.05) is 26.7 Å². The van der Waals surface area contributed by atoms with E-state index in [0.29, 0.717) is 5.76 Å². The minimum Gasteiger partial charge on any atom is -0.456 e. The van der Waals surface area contributed by atoms with E-state index in [1.807, 2.05) is 0 Å². The van der Waals surface area contributed by atoms with E-state index >= 15 is 0 Å². The van der Waals surface area contributed by atoms with Crippen LogP contribution in [-0.2, 0) is 0 Å². The summed E-state index contributed by atoms with van der Waals surface area (Å²) in [6.07, 6.45) is 3.92. The summed E-state index contributed by atoms with van der Waals surface area (Å²) in [6, 6.07) is 3.41. The number of rotatable bonds is 6. The van der Waals surface area contributed by atoms with E-state index in [-0.39, 0.29) is 5.91 Å². The van der Waals surface area contributed by atoms with Gasteiger partial charge >= 0.3 is 5.91 Å². The van der Waals surface area contributed by atoms with Crippen molar-refractivity contribution in [1.29, 1.82) is 0 Å². The van der Waals surface area contributed by atoms with Crippen LogP contribution >= 0.6 is 0 Å². The third kappa shape index (κ3) is 4.43. The van der Waals surface area contributed by atoms with Crippen LogP contribution in [0.1, 0.15) is 55.8 Å². The maximum absolute atomic E-state index is 11.7. The molecule has 0 spiro atoms. The predicted molar refractivity (Wildman–Crippen MR) is 68.2 cm³/mol. The first-order valence-corrected chi connectivity index (χ1v) is 6.09. The van der Waals surface area contributed by atoms with Crippen LogP contribution in [0.15, 0.2) is 21.7 Å². The molecule has 0 aromatic carbocycles. The highest BCUT2D eigenvalue weighted by Crippen LogP contribution is 2.06. The van der Waals surface area contributed by atoms with Crippen molar-refractivity contribution in [2.24, 2.45) is 5.10 Å². The predicted octanol–water partition coefficient (Wildman–Crippen LogP) is 3.27. The van der Waals surface area contributed by atoms with Crippen molar-refractivity contribution in [2.75, 3.05) is 0 Å². The molecule has 1 N–H and O–H groups in total. The number of nitrogens with one attached hydrogen (secondary N) is 1. The number of carbonyl (C=O) groups excluding carboxylic acids is 1. The molecule has 0 aliphatic rings. The zero-order chi connectivity index (χ0) is 12.7. The van der Waals surface area contributed by atoms with Gasteiger partial charge in [0.15, 0.2) is 5.76 Å². The Kier molecular flexibility index (Phi) is 5.46. The van der Waals surface area contributed by atoms with Gasteiger partial charge < -0.3 is 4.42 Å². The first kappa shape index (κ1) is 13.5. The topological polar surface area (TPSA) is 54.6 Å². The van der Waals surface area contributed by atoms with Crippen molar-refractivity contribution in [1.82, 2.24) is 5.43 Å². The number of hydrogen-bond acceptors (Lipinski definition) is 3. The van der Waals surface area contributed by atoms with Crippen LogP contribution in [0.2, 0.25) is 0 Å². The quantitative estimate of drug-likeness (QED) is 0.608. The number of hydrogen-bond donors (Lipinski definition) is 1. The SMILES string of the molecule is CCCC(CCC)=NNC(=O)c1ccc(C)o1. The van der Waals surface area contributed by atoms with Crippen molar-refractivity contribution >= 4 is 11.6 Å². The lowest BCUT2D eigenvalue weighted by Gasteiger charge is -2.03. The van der Waals surface area contributed by atoms with Gasteiger partial charge in [-0.15, -0.1) is 0 Å². The highest BCUT2D eigenvalue weighted by atomic mass is 16.3. The van der Waals surface area contributed by atoms with E-state index in [1.165, 1.54) is 0 Å². The Labute approximate surface area is 102 Å². The second kappa shape index (κ2) is 6.89. The minimum atomic E-state index is -0.289. The smallest absolute Gasteiger partial charge is 0.307 e. The molecule has 0 atom stereocenters. The van der Waals surface area contributed by atoms with Gasteiger partial charge in [0.2, 0.25) is 0 Å². The molecular formula is C13H20N2O2. The molecule has 1 aromatic heterocycles. The van der Waals surface area contributed by atoms with Crippen LogP contribution < -0.4 is 5.43 Å². The van der Waals surface area contributed by atoms with Crippen LogP contribution in [-0.4, -0.2) is 11.6 Å². The molecule has 0 saturated carbocycles. The second-order valence-corrected chi connectivity index (χ2v) is 4.03. The lowest BCUT2D eigenvalue weighted by atomic mass is 10.1. The summed E-state index contributed by atoms with van der Waals surface area (Å²) < 4.78 is 5.22. The molecule has 0 unspecified atom stereocenters. The first-order valence-electron chi connectivity index (χ1n) is 6.09. The van der Waals surface area contributed by atoms with Gasteiger partial charge in [0.25, 0.3) is 0 Å². The zero-order valence-electron chi connectivity index (χ0n) is 10.7. The molecule has 94 valence electrons. The molecule has 1 amide bonds. The fourth-order valence-corrected chi connectivity index (χ4v) is 1.56. The molecule has 0 aliphatic carbocycles. The van der Waals surface area contributed by atoms with E-state index in [9.17, 15) is 4.79 Å². The van der Waals surface area contributed by atoms with E-state index < -0.39 is 0 Å². The van der Waals surface area contributed by atoms with Crippen molar-refractivity contribution in [2.45, 2.75) is 46.5 Å². The molecule has 1 rings (SSSR count). The number of furan rings is 1. The molecule has 4 nitrogen and oxygen atoms in total. The van der Waals surface area contributed by atoms with Gasteiger partial charge in [-0.25, -0.2) is 5.43 Å². The molecule has 0 radical (unpaired) electrons. The normalized spacial score (nSPS) is 10.1. The van der Waals surface area contributed by atoms with Crippen molar-refractivity contribution in [3.8, 4) is 0 Å². The Hall–Kier alpha value is -1.58. The lowest BCUT2D eigenvalue weighted by Crippen LogP contribution is -2.19. The maximum Gasteiger partial charge on any atom is 0.307 e. The number of nitrogens with zero attached hydrogens (tertiary/aromatic N) is 1. The molecule has 1 heterocycles. The average Bonchev–Trinajstić information content (AvgIpc) is 2.73. The number of amides is 1. The Morgan fingerprint density at radius 3 is 2.41 bits per heavy atom. The van der Waals surface area contributed by atoms with Gasteiger partial charge in [0.1, 0.15) is 5.76 Å². The molecule has 1 aromatic rings. The van der Waals surface area contributed by atoms with E-state index in [2.05, 4.69) is 24.4 Å². The minimum absolute atomic E-state index is 0.289. The van der Waals surface area contributed by atoms with Crippen LogP contribution in [0.3, 0.4) is 0 Å². The zero-order valence-corrected chi connectivity index (χ0v) is 10.7. The molecule has 0 aliphatic heterocycles. The summed E-state index contributed by atoms with van der Waals surface area (Å²) in [6.45, 7) is 6.01. The standard InChI is InChI=1S/C13H20N2O2/c1-4-6-11(7-5-2)14-15-13(16)12-9-8-10(3)17-12/h8-9H,4-7H2,1-3H3,(H,15,16). The van der Waals surface area contributed by atoms with Gasteiger partial charge in [0, 0.05) is 5.71 Å².